The number of amides is 2. The average Bonchev–Trinajstić information content (AvgIpc) is 2.60. The second-order valence-electron chi connectivity index (χ2n) is 5.73. The lowest BCUT2D eigenvalue weighted by Gasteiger charge is -2.12. The SMILES string of the molecule is C=C(CC(=O)Nc1ccc(Cl)cc1Cl)NNC(=O)COc1cccc(C)c1. The molecule has 2 amide bonds. The van der Waals surface area contributed by atoms with E-state index in [0.717, 1.165) is 5.56 Å². The van der Waals surface area contributed by atoms with Gasteiger partial charge in [-0.1, -0.05) is 41.9 Å². The minimum absolute atomic E-state index is 0.0576. The molecule has 0 heterocycles. The van der Waals surface area contributed by atoms with Gasteiger partial charge in [0.1, 0.15) is 5.75 Å². The van der Waals surface area contributed by atoms with Crippen LogP contribution in [0.5, 0.6) is 5.75 Å². The van der Waals surface area contributed by atoms with Crippen LogP contribution >= 0.6 is 23.2 Å². The summed E-state index contributed by atoms with van der Waals surface area (Å²) in [6.45, 7) is 5.45. The summed E-state index contributed by atoms with van der Waals surface area (Å²) in [5, 5.41) is 3.44. The smallest absolute Gasteiger partial charge is 0.276 e. The fourth-order valence-electron chi connectivity index (χ4n) is 2.07. The predicted molar refractivity (Wildman–Crippen MR) is 107 cm³/mol. The summed E-state index contributed by atoms with van der Waals surface area (Å²) in [6.07, 6.45) is -0.0576. The van der Waals surface area contributed by atoms with Gasteiger partial charge in [0, 0.05) is 10.7 Å². The third-order valence-corrected chi connectivity index (χ3v) is 3.87. The van der Waals surface area contributed by atoms with E-state index in [1.54, 1.807) is 18.2 Å². The Bertz CT molecular complexity index is 856. The van der Waals surface area contributed by atoms with Crippen LogP contribution in [-0.4, -0.2) is 18.4 Å². The van der Waals surface area contributed by atoms with Gasteiger partial charge in [0.15, 0.2) is 6.61 Å². The van der Waals surface area contributed by atoms with Crippen molar-refractivity contribution < 1.29 is 14.3 Å². The normalized spacial score (nSPS) is 10.0. The average molecular weight is 408 g/mol. The van der Waals surface area contributed by atoms with Crippen LogP contribution < -0.4 is 20.9 Å². The molecule has 0 saturated carbocycles. The number of hydrogen-bond acceptors (Lipinski definition) is 4. The van der Waals surface area contributed by atoms with E-state index in [1.165, 1.54) is 6.07 Å². The number of carbonyl (C=O) groups excluding carboxylic acids is 2. The maximum atomic E-state index is 12.0. The Morgan fingerprint density at radius 1 is 1.07 bits per heavy atom. The Hall–Kier alpha value is -2.70. The van der Waals surface area contributed by atoms with Crippen LogP contribution in [0.4, 0.5) is 5.69 Å². The van der Waals surface area contributed by atoms with Gasteiger partial charge in [0.25, 0.3) is 5.91 Å². The molecular formula is C19H19Cl2N3O3. The number of benzene rings is 2. The summed E-state index contributed by atoms with van der Waals surface area (Å²) in [5.74, 6) is -0.149. The molecule has 2 aromatic carbocycles. The molecule has 0 fully saturated rings. The summed E-state index contributed by atoms with van der Waals surface area (Å²) in [7, 11) is 0. The van der Waals surface area contributed by atoms with E-state index < -0.39 is 5.91 Å². The highest BCUT2D eigenvalue weighted by Crippen LogP contribution is 2.25. The minimum Gasteiger partial charge on any atom is -0.484 e. The lowest BCUT2D eigenvalue weighted by molar-refractivity contribution is -0.124. The predicted octanol–water partition coefficient (Wildman–Crippen LogP) is 3.84. The molecule has 3 N–H and O–H groups in total. The van der Waals surface area contributed by atoms with Crippen molar-refractivity contribution in [1.29, 1.82) is 0 Å². The van der Waals surface area contributed by atoms with Gasteiger partial charge in [-0.15, -0.1) is 0 Å². The molecule has 8 heteroatoms. The largest absolute Gasteiger partial charge is 0.484 e. The molecule has 0 saturated heterocycles. The number of anilines is 1. The molecule has 0 aliphatic carbocycles. The zero-order valence-electron chi connectivity index (χ0n) is 14.6. The molecule has 0 spiro atoms. The van der Waals surface area contributed by atoms with Gasteiger partial charge >= 0.3 is 0 Å². The molecule has 142 valence electrons. The molecule has 0 radical (unpaired) electrons. The monoisotopic (exact) mass is 407 g/mol. The van der Waals surface area contributed by atoms with Gasteiger partial charge in [0.2, 0.25) is 5.91 Å². The van der Waals surface area contributed by atoms with E-state index in [4.69, 9.17) is 27.9 Å². The molecule has 0 atom stereocenters. The van der Waals surface area contributed by atoms with Crippen molar-refractivity contribution in [3.05, 3.63) is 70.3 Å². The lowest BCUT2D eigenvalue weighted by Crippen LogP contribution is -2.40. The van der Waals surface area contributed by atoms with Crippen LogP contribution in [0.1, 0.15) is 12.0 Å². The van der Waals surface area contributed by atoms with E-state index in [-0.39, 0.29) is 18.9 Å². The van der Waals surface area contributed by atoms with Crippen molar-refractivity contribution in [2.45, 2.75) is 13.3 Å². The van der Waals surface area contributed by atoms with E-state index in [1.807, 2.05) is 25.1 Å². The van der Waals surface area contributed by atoms with Crippen molar-refractivity contribution in [3.63, 3.8) is 0 Å². The number of halogens is 2. The number of hydrazine groups is 1. The first-order chi connectivity index (χ1) is 12.8. The van der Waals surface area contributed by atoms with Gasteiger partial charge in [0.05, 0.1) is 17.1 Å². The minimum atomic E-state index is -0.404. The highest BCUT2D eigenvalue weighted by molar-refractivity contribution is 6.36. The summed E-state index contributed by atoms with van der Waals surface area (Å²) in [6, 6.07) is 12.1. The first-order valence-electron chi connectivity index (χ1n) is 8.00. The molecule has 0 aromatic heterocycles. The Balaban J connectivity index is 1.71. The van der Waals surface area contributed by atoms with Crippen LogP contribution in [0.2, 0.25) is 10.0 Å². The number of aryl methyl sites for hydroxylation is 1. The fourth-order valence-corrected chi connectivity index (χ4v) is 2.53. The van der Waals surface area contributed by atoms with Crippen molar-refractivity contribution >= 4 is 40.7 Å². The van der Waals surface area contributed by atoms with E-state index in [2.05, 4.69) is 22.7 Å². The van der Waals surface area contributed by atoms with Crippen molar-refractivity contribution in [2.24, 2.45) is 0 Å². The van der Waals surface area contributed by atoms with Gasteiger partial charge in [-0.2, -0.15) is 0 Å². The first-order valence-corrected chi connectivity index (χ1v) is 8.76. The molecule has 0 bridgehead atoms. The Morgan fingerprint density at radius 2 is 1.85 bits per heavy atom. The maximum Gasteiger partial charge on any atom is 0.276 e. The van der Waals surface area contributed by atoms with Crippen molar-refractivity contribution in [3.8, 4) is 5.75 Å². The number of carbonyl (C=O) groups is 2. The second-order valence-corrected chi connectivity index (χ2v) is 6.57. The topological polar surface area (TPSA) is 79.5 Å². The first kappa shape index (κ1) is 20.6. The van der Waals surface area contributed by atoms with Crippen LogP contribution in [0.3, 0.4) is 0 Å². The molecule has 2 rings (SSSR count). The Kier molecular flexibility index (Phi) is 7.52. The number of hydrogen-bond donors (Lipinski definition) is 3. The van der Waals surface area contributed by atoms with Crippen molar-refractivity contribution in [2.75, 3.05) is 11.9 Å². The van der Waals surface area contributed by atoms with Crippen LogP contribution in [0.15, 0.2) is 54.7 Å². The number of ether oxygens (including phenoxy) is 1. The Labute approximate surface area is 167 Å². The molecular weight excluding hydrogens is 389 g/mol. The third-order valence-electron chi connectivity index (χ3n) is 3.32. The second kappa shape index (κ2) is 9.85. The highest BCUT2D eigenvalue weighted by atomic mass is 35.5. The van der Waals surface area contributed by atoms with E-state index in [9.17, 15) is 9.59 Å². The van der Waals surface area contributed by atoms with Gasteiger partial charge in [-0.05, 0) is 42.8 Å². The molecule has 2 aromatic rings. The summed E-state index contributed by atoms with van der Waals surface area (Å²) in [5.41, 5.74) is 6.78. The molecule has 27 heavy (non-hydrogen) atoms. The van der Waals surface area contributed by atoms with E-state index >= 15 is 0 Å². The number of nitrogens with one attached hydrogen (secondary N) is 3. The fraction of sp³-hybridized carbons (Fsp3) is 0.158. The summed E-state index contributed by atoms with van der Waals surface area (Å²) < 4.78 is 5.38. The lowest BCUT2D eigenvalue weighted by atomic mass is 10.2. The zero-order valence-corrected chi connectivity index (χ0v) is 16.2. The standard InChI is InChI=1S/C19H19Cl2N3O3/c1-12-4-3-5-15(8-12)27-11-19(26)24-23-13(2)9-18(25)22-17-7-6-14(20)10-16(17)21/h3-8,10,23H,2,9,11H2,1H3,(H,22,25)(H,24,26). The van der Waals surface area contributed by atoms with Crippen LogP contribution in [0, 0.1) is 6.92 Å². The van der Waals surface area contributed by atoms with Crippen molar-refractivity contribution in [1.82, 2.24) is 10.9 Å². The highest BCUT2D eigenvalue weighted by Gasteiger charge is 2.09. The van der Waals surface area contributed by atoms with Gasteiger partial charge in [-0.25, -0.2) is 0 Å². The maximum absolute atomic E-state index is 12.0. The molecule has 0 aliphatic rings. The third kappa shape index (κ3) is 7.21. The molecule has 0 unspecified atom stereocenters. The summed E-state index contributed by atoms with van der Waals surface area (Å²) >= 11 is 11.8. The molecule has 0 aliphatic heterocycles. The zero-order chi connectivity index (χ0) is 19.8. The van der Waals surface area contributed by atoms with E-state index in [0.29, 0.717) is 27.2 Å². The van der Waals surface area contributed by atoms with Gasteiger partial charge < -0.3 is 15.5 Å². The Morgan fingerprint density at radius 3 is 2.56 bits per heavy atom. The van der Waals surface area contributed by atoms with Gasteiger partial charge in [-0.3, -0.25) is 15.0 Å². The van der Waals surface area contributed by atoms with Crippen LogP contribution in [0.25, 0.3) is 0 Å². The number of rotatable bonds is 8. The quantitative estimate of drug-likeness (QED) is 0.580. The van der Waals surface area contributed by atoms with Crippen LogP contribution in [-0.2, 0) is 9.59 Å². The molecule has 6 nitrogen and oxygen atoms in total. The summed E-state index contributed by atoms with van der Waals surface area (Å²) in [4.78, 5) is 23.8.